The number of aromatic nitrogens is 2. The van der Waals surface area contributed by atoms with Crippen molar-refractivity contribution in [3.05, 3.63) is 17.0 Å². The first-order chi connectivity index (χ1) is 10.8. The quantitative estimate of drug-likeness (QED) is 0.749. The van der Waals surface area contributed by atoms with Gasteiger partial charge in [0.05, 0.1) is 17.4 Å². The van der Waals surface area contributed by atoms with Crippen molar-refractivity contribution in [1.82, 2.24) is 15.1 Å². The summed E-state index contributed by atoms with van der Waals surface area (Å²) in [4.78, 5) is 11.8. The van der Waals surface area contributed by atoms with E-state index in [-0.39, 0.29) is 18.6 Å². The number of ether oxygens (including phenoxy) is 1. The van der Waals surface area contributed by atoms with Gasteiger partial charge in [-0.2, -0.15) is 5.10 Å². The Morgan fingerprint density at radius 3 is 2.65 bits per heavy atom. The third-order valence-electron chi connectivity index (χ3n) is 4.47. The molecule has 1 aliphatic rings. The molecule has 0 bridgehead atoms. The van der Waals surface area contributed by atoms with E-state index in [4.69, 9.17) is 4.74 Å². The van der Waals surface area contributed by atoms with Gasteiger partial charge in [-0.3, -0.25) is 9.48 Å². The molecule has 0 unspecified atom stereocenters. The molecule has 1 aliphatic carbocycles. The molecule has 2 rings (SSSR count). The van der Waals surface area contributed by atoms with Gasteiger partial charge in [0.15, 0.2) is 0 Å². The van der Waals surface area contributed by atoms with E-state index >= 15 is 0 Å². The van der Waals surface area contributed by atoms with Gasteiger partial charge < -0.3 is 15.2 Å². The number of carbonyl (C=O) groups is 1. The molecule has 0 spiro atoms. The lowest BCUT2D eigenvalue weighted by atomic mass is 10.0. The minimum Gasteiger partial charge on any atom is -0.462 e. The fraction of sp³-hybridized carbons (Fsp3) is 0.765. The standard InChI is InChI=1S/C17H29N3O3/c1-12(2)23-16(21)10-20-14(4)15(13(3)19-20)9-18-11-17(22)7-5-6-8-17/h12,18,22H,5-11H2,1-4H3. The minimum atomic E-state index is -0.557. The smallest absolute Gasteiger partial charge is 0.328 e. The van der Waals surface area contributed by atoms with Crippen LogP contribution in [0.2, 0.25) is 0 Å². The highest BCUT2D eigenvalue weighted by Crippen LogP contribution is 2.28. The molecule has 1 aromatic rings. The van der Waals surface area contributed by atoms with Crippen LogP contribution in [-0.2, 0) is 22.6 Å². The summed E-state index contributed by atoms with van der Waals surface area (Å²) >= 11 is 0. The zero-order chi connectivity index (χ0) is 17.0. The Hall–Kier alpha value is -1.40. The molecule has 1 aromatic heterocycles. The van der Waals surface area contributed by atoms with Crippen LogP contribution in [0.4, 0.5) is 0 Å². The van der Waals surface area contributed by atoms with Crippen molar-refractivity contribution in [3.8, 4) is 0 Å². The molecule has 6 heteroatoms. The van der Waals surface area contributed by atoms with Crippen LogP contribution in [0.1, 0.15) is 56.5 Å². The maximum atomic E-state index is 11.8. The second kappa shape index (κ2) is 7.45. The van der Waals surface area contributed by atoms with Gasteiger partial charge in [0.25, 0.3) is 0 Å². The van der Waals surface area contributed by atoms with E-state index in [1.807, 2.05) is 27.7 Å². The SMILES string of the molecule is Cc1nn(CC(=O)OC(C)C)c(C)c1CNCC1(O)CCCC1. The van der Waals surface area contributed by atoms with Crippen molar-refractivity contribution >= 4 is 5.97 Å². The molecular formula is C17H29N3O3. The number of aryl methyl sites for hydroxylation is 1. The van der Waals surface area contributed by atoms with Crippen LogP contribution in [0.25, 0.3) is 0 Å². The monoisotopic (exact) mass is 323 g/mol. The van der Waals surface area contributed by atoms with Crippen LogP contribution >= 0.6 is 0 Å². The normalized spacial score (nSPS) is 17.0. The Kier molecular flexibility index (Phi) is 5.81. The minimum absolute atomic E-state index is 0.118. The molecular weight excluding hydrogens is 294 g/mol. The van der Waals surface area contributed by atoms with E-state index in [1.165, 1.54) is 0 Å². The van der Waals surface area contributed by atoms with Gasteiger partial charge in [0.1, 0.15) is 6.54 Å². The highest BCUT2D eigenvalue weighted by atomic mass is 16.5. The van der Waals surface area contributed by atoms with Crippen LogP contribution in [0.3, 0.4) is 0 Å². The number of nitrogens with one attached hydrogen (secondary N) is 1. The van der Waals surface area contributed by atoms with Crippen molar-refractivity contribution in [2.45, 2.75) is 78.2 Å². The summed E-state index contributed by atoms with van der Waals surface area (Å²) in [6.07, 6.45) is 3.84. The number of hydrogen-bond donors (Lipinski definition) is 2. The Balaban J connectivity index is 1.93. The molecule has 1 saturated carbocycles. The average molecular weight is 323 g/mol. The van der Waals surface area contributed by atoms with E-state index < -0.39 is 5.60 Å². The third-order valence-corrected chi connectivity index (χ3v) is 4.47. The molecule has 0 radical (unpaired) electrons. The number of carbonyl (C=O) groups excluding carboxylic acids is 1. The summed E-state index contributed by atoms with van der Waals surface area (Å²) in [6.45, 7) is 8.97. The lowest BCUT2D eigenvalue weighted by Crippen LogP contribution is -2.37. The summed E-state index contributed by atoms with van der Waals surface area (Å²) in [5.41, 5.74) is 2.41. The third kappa shape index (κ3) is 4.78. The summed E-state index contributed by atoms with van der Waals surface area (Å²) in [5, 5.41) is 18.2. The zero-order valence-electron chi connectivity index (χ0n) is 14.7. The van der Waals surface area contributed by atoms with Gasteiger partial charge in [-0.05, 0) is 40.5 Å². The first kappa shape index (κ1) is 17.9. The van der Waals surface area contributed by atoms with E-state index in [2.05, 4.69) is 10.4 Å². The highest BCUT2D eigenvalue weighted by molar-refractivity contribution is 5.69. The number of esters is 1. The number of nitrogens with zero attached hydrogens (tertiary/aromatic N) is 2. The summed E-state index contributed by atoms with van der Waals surface area (Å²) in [7, 11) is 0. The Labute approximate surface area is 138 Å². The first-order valence-electron chi connectivity index (χ1n) is 8.46. The Morgan fingerprint density at radius 2 is 2.04 bits per heavy atom. The maximum Gasteiger partial charge on any atom is 0.328 e. The maximum absolute atomic E-state index is 11.8. The van der Waals surface area contributed by atoms with E-state index in [9.17, 15) is 9.90 Å². The van der Waals surface area contributed by atoms with Crippen molar-refractivity contribution in [2.75, 3.05) is 6.54 Å². The number of hydrogen-bond acceptors (Lipinski definition) is 5. The number of aliphatic hydroxyl groups is 1. The van der Waals surface area contributed by atoms with E-state index in [0.29, 0.717) is 13.1 Å². The Bertz CT molecular complexity index is 546. The second-order valence-electron chi connectivity index (χ2n) is 6.88. The molecule has 1 heterocycles. The van der Waals surface area contributed by atoms with Crippen molar-refractivity contribution in [2.24, 2.45) is 0 Å². The fourth-order valence-corrected chi connectivity index (χ4v) is 3.20. The van der Waals surface area contributed by atoms with Crippen molar-refractivity contribution < 1.29 is 14.6 Å². The van der Waals surface area contributed by atoms with Crippen LogP contribution in [-0.4, -0.2) is 39.1 Å². The topological polar surface area (TPSA) is 76.4 Å². The van der Waals surface area contributed by atoms with Crippen LogP contribution < -0.4 is 5.32 Å². The lowest BCUT2D eigenvalue weighted by Gasteiger charge is -2.22. The molecule has 0 saturated heterocycles. The molecule has 0 aliphatic heterocycles. The Morgan fingerprint density at radius 1 is 1.39 bits per heavy atom. The van der Waals surface area contributed by atoms with Crippen LogP contribution in [0, 0.1) is 13.8 Å². The largest absolute Gasteiger partial charge is 0.462 e. The average Bonchev–Trinajstić information content (AvgIpc) is 2.97. The van der Waals surface area contributed by atoms with Gasteiger partial charge >= 0.3 is 5.97 Å². The van der Waals surface area contributed by atoms with Crippen LogP contribution in [0.5, 0.6) is 0 Å². The molecule has 23 heavy (non-hydrogen) atoms. The predicted octanol–water partition coefficient (Wildman–Crippen LogP) is 1.85. The van der Waals surface area contributed by atoms with E-state index in [0.717, 1.165) is 42.6 Å². The molecule has 2 N–H and O–H groups in total. The van der Waals surface area contributed by atoms with E-state index in [1.54, 1.807) is 4.68 Å². The zero-order valence-corrected chi connectivity index (χ0v) is 14.7. The molecule has 1 fully saturated rings. The molecule has 0 aromatic carbocycles. The lowest BCUT2D eigenvalue weighted by molar-refractivity contribution is -0.148. The van der Waals surface area contributed by atoms with Gasteiger partial charge in [-0.15, -0.1) is 0 Å². The predicted molar refractivity (Wildman–Crippen MR) is 88.1 cm³/mol. The fourth-order valence-electron chi connectivity index (χ4n) is 3.20. The van der Waals surface area contributed by atoms with Gasteiger partial charge in [-0.1, -0.05) is 12.8 Å². The van der Waals surface area contributed by atoms with Gasteiger partial charge in [0, 0.05) is 24.3 Å². The van der Waals surface area contributed by atoms with Crippen molar-refractivity contribution in [1.29, 1.82) is 0 Å². The molecule has 0 atom stereocenters. The number of rotatable bonds is 7. The summed E-state index contributed by atoms with van der Waals surface area (Å²) in [6, 6.07) is 0. The molecule has 6 nitrogen and oxygen atoms in total. The summed E-state index contributed by atoms with van der Waals surface area (Å²) < 4.78 is 6.87. The summed E-state index contributed by atoms with van der Waals surface area (Å²) in [5.74, 6) is -0.273. The van der Waals surface area contributed by atoms with Gasteiger partial charge in [0.2, 0.25) is 0 Å². The molecule has 0 amide bonds. The molecule has 130 valence electrons. The first-order valence-corrected chi connectivity index (χ1v) is 8.46. The second-order valence-corrected chi connectivity index (χ2v) is 6.88. The van der Waals surface area contributed by atoms with Crippen LogP contribution in [0.15, 0.2) is 0 Å². The van der Waals surface area contributed by atoms with Gasteiger partial charge in [-0.25, -0.2) is 0 Å². The highest BCUT2D eigenvalue weighted by Gasteiger charge is 2.30. The van der Waals surface area contributed by atoms with Crippen molar-refractivity contribution in [3.63, 3.8) is 0 Å².